The fraction of sp³-hybridized carbons (Fsp3) is 0.188. The highest BCUT2D eigenvalue weighted by Crippen LogP contribution is 2.36. The van der Waals surface area contributed by atoms with E-state index in [-0.39, 0.29) is 5.56 Å². The fourth-order valence-electron chi connectivity index (χ4n) is 1.92. The first-order valence-corrected chi connectivity index (χ1v) is 6.20. The van der Waals surface area contributed by atoms with Crippen LogP contribution < -0.4 is 0 Å². The Balaban J connectivity index is 2.39. The van der Waals surface area contributed by atoms with Gasteiger partial charge in [-0.3, -0.25) is 4.99 Å². The Morgan fingerprint density at radius 3 is 1.90 bits per heavy atom. The Morgan fingerprint density at radius 1 is 0.900 bits per heavy atom. The number of aliphatic imine (C=N–C) groups is 1. The maximum atomic E-state index is 13.2. The molecule has 0 spiro atoms. The summed E-state index contributed by atoms with van der Waals surface area (Å²) in [5, 5.41) is 0. The van der Waals surface area contributed by atoms with Gasteiger partial charge in [-0.1, -0.05) is 60.7 Å². The molecule has 0 amide bonds. The summed E-state index contributed by atoms with van der Waals surface area (Å²) in [6.45, 7) is 1.59. The number of hydrogen-bond donors (Lipinski definition) is 0. The monoisotopic (exact) mass is 277 g/mol. The zero-order valence-corrected chi connectivity index (χ0v) is 10.9. The number of alkyl halides is 3. The number of rotatable bonds is 3. The largest absolute Gasteiger partial charge is 0.414 e. The van der Waals surface area contributed by atoms with Crippen molar-refractivity contribution in [3.05, 3.63) is 71.8 Å². The third-order valence-electron chi connectivity index (χ3n) is 2.94. The lowest BCUT2D eigenvalue weighted by Gasteiger charge is -2.18. The molecule has 0 aliphatic heterocycles. The van der Waals surface area contributed by atoms with Gasteiger partial charge in [0.25, 0.3) is 0 Å². The maximum absolute atomic E-state index is 13.2. The van der Waals surface area contributed by atoms with Crippen LogP contribution in [0.3, 0.4) is 0 Å². The van der Waals surface area contributed by atoms with Crippen LogP contribution in [0.5, 0.6) is 0 Å². The highest BCUT2D eigenvalue weighted by molar-refractivity contribution is 5.98. The predicted molar refractivity (Wildman–Crippen MR) is 73.9 cm³/mol. The van der Waals surface area contributed by atoms with Crippen LogP contribution in [0.4, 0.5) is 13.2 Å². The quantitative estimate of drug-likeness (QED) is 0.715. The standard InChI is InChI=1S/C16H14F3N/c1-12(13-8-4-2-5-9-13)20-15(16(17,18)19)14-10-6-3-7-11-14/h2-11,15H,1H3/t15-/m1/s1. The molecular weight excluding hydrogens is 263 g/mol. The van der Waals surface area contributed by atoms with Crippen molar-refractivity contribution in [2.75, 3.05) is 0 Å². The molecule has 2 aromatic rings. The molecule has 0 bridgehead atoms. The molecule has 0 aromatic heterocycles. The average molecular weight is 277 g/mol. The summed E-state index contributed by atoms with van der Waals surface area (Å²) < 4.78 is 39.5. The highest BCUT2D eigenvalue weighted by Gasteiger charge is 2.40. The van der Waals surface area contributed by atoms with Crippen molar-refractivity contribution in [1.29, 1.82) is 0 Å². The summed E-state index contributed by atoms with van der Waals surface area (Å²) >= 11 is 0. The minimum atomic E-state index is -4.41. The smallest absolute Gasteiger partial charge is 0.272 e. The third-order valence-corrected chi connectivity index (χ3v) is 2.94. The second-order valence-electron chi connectivity index (χ2n) is 4.44. The summed E-state index contributed by atoms with van der Waals surface area (Å²) in [7, 11) is 0. The van der Waals surface area contributed by atoms with E-state index in [9.17, 15) is 13.2 Å². The van der Waals surface area contributed by atoms with Gasteiger partial charge < -0.3 is 0 Å². The van der Waals surface area contributed by atoms with E-state index in [1.165, 1.54) is 12.1 Å². The molecule has 1 atom stereocenters. The van der Waals surface area contributed by atoms with Crippen LogP contribution in [0.2, 0.25) is 0 Å². The van der Waals surface area contributed by atoms with Crippen LogP contribution in [0.25, 0.3) is 0 Å². The molecule has 0 N–H and O–H groups in total. The number of hydrogen-bond acceptors (Lipinski definition) is 1. The Kier molecular flexibility index (Phi) is 4.23. The van der Waals surface area contributed by atoms with E-state index >= 15 is 0 Å². The van der Waals surface area contributed by atoms with Gasteiger partial charge in [0.1, 0.15) is 0 Å². The third kappa shape index (κ3) is 3.47. The molecule has 2 rings (SSSR count). The van der Waals surface area contributed by atoms with Crippen molar-refractivity contribution in [1.82, 2.24) is 0 Å². The first-order chi connectivity index (χ1) is 9.48. The number of benzene rings is 2. The van der Waals surface area contributed by atoms with E-state index in [0.717, 1.165) is 0 Å². The molecule has 2 aromatic carbocycles. The Hall–Kier alpha value is -2.10. The molecule has 0 aliphatic carbocycles. The minimum Gasteiger partial charge on any atom is -0.272 e. The average Bonchev–Trinajstić information content (AvgIpc) is 2.45. The van der Waals surface area contributed by atoms with Gasteiger partial charge in [0.2, 0.25) is 0 Å². The maximum Gasteiger partial charge on any atom is 0.414 e. The lowest BCUT2D eigenvalue weighted by molar-refractivity contribution is -0.148. The first kappa shape index (κ1) is 14.3. The van der Waals surface area contributed by atoms with Crippen molar-refractivity contribution >= 4 is 5.71 Å². The topological polar surface area (TPSA) is 12.4 Å². The molecule has 0 aliphatic rings. The summed E-state index contributed by atoms with van der Waals surface area (Å²) in [5.41, 5.74) is 1.21. The zero-order valence-electron chi connectivity index (χ0n) is 10.9. The van der Waals surface area contributed by atoms with Crippen LogP contribution in [-0.4, -0.2) is 11.9 Å². The van der Waals surface area contributed by atoms with E-state index in [2.05, 4.69) is 4.99 Å². The molecule has 20 heavy (non-hydrogen) atoms. The second kappa shape index (κ2) is 5.90. The summed E-state index contributed by atoms with van der Waals surface area (Å²) in [6, 6.07) is 14.8. The molecule has 0 radical (unpaired) electrons. The normalized spacial score (nSPS) is 14.1. The van der Waals surface area contributed by atoms with E-state index in [0.29, 0.717) is 11.3 Å². The Morgan fingerprint density at radius 2 is 1.40 bits per heavy atom. The van der Waals surface area contributed by atoms with Gasteiger partial charge in [-0.2, -0.15) is 13.2 Å². The van der Waals surface area contributed by atoms with Crippen molar-refractivity contribution in [2.45, 2.75) is 19.1 Å². The van der Waals surface area contributed by atoms with E-state index in [1.54, 1.807) is 49.4 Å². The molecule has 0 unspecified atom stereocenters. The van der Waals surface area contributed by atoms with Crippen LogP contribution in [-0.2, 0) is 0 Å². The van der Waals surface area contributed by atoms with Gasteiger partial charge in [-0.15, -0.1) is 0 Å². The van der Waals surface area contributed by atoms with Crippen LogP contribution >= 0.6 is 0 Å². The van der Waals surface area contributed by atoms with Crippen LogP contribution in [0.1, 0.15) is 24.1 Å². The first-order valence-electron chi connectivity index (χ1n) is 6.20. The van der Waals surface area contributed by atoms with Gasteiger partial charge >= 0.3 is 6.18 Å². The molecule has 104 valence electrons. The number of nitrogens with zero attached hydrogens (tertiary/aromatic N) is 1. The van der Waals surface area contributed by atoms with Gasteiger partial charge in [-0.05, 0) is 18.1 Å². The summed E-state index contributed by atoms with van der Waals surface area (Å²) in [6.07, 6.45) is -4.41. The van der Waals surface area contributed by atoms with Crippen molar-refractivity contribution in [2.24, 2.45) is 4.99 Å². The second-order valence-corrected chi connectivity index (χ2v) is 4.44. The van der Waals surface area contributed by atoms with Crippen molar-refractivity contribution < 1.29 is 13.2 Å². The van der Waals surface area contributed by atoms with Crippen LogP contribution in [0.15, 0.2) is 65.7 Å². The lowest BCUT2D eigenvalue weighted by atomic mass is 10.1. The van der Waals surface area contributed by atoms with Crippen molar-refractivity contribution in [3.8, 4) is 0 Å². The van der Waals surface area contributed by atoms with Gasteiger partial charge in [0, 0.05) is 5.71 Å². The molecule has 0 saturated heterocycles. The van der Waals surface area contributed by atoms with E-state index < -0.39 is 12.2 Å². The van der Waals surface area contributed by atoms with E-state index in [4.69, 9.17) is 0 Å². The minimum absolute atomic E-state index is 0.148. The summed E-state index contributed by atoms with van der Waals surface area (Å²) in [5.74, 6) is 0. The molecule has 0 heterocycles. The zero-order chi connectivity index (χ0) is 14.6. The number of halogens is 3. The Bertz CT molecular complexity index is 574. The SMILES string of the molecule is CC(=N[C@H](c1ccccc1)C(F)(F)F)c1ccccc1. The van der Waals surface area contributed by atoms with Gasteiger partial charge in [0.05, 0.1) is 0 Å². The Labute approximate surface area is 115 Å². The molecule has 0 fully saturated rings. The van der Waals surface area contributed by atoms with Gasteiger partial charge in [-0.25, -0.2) is 0 Å². The van der Waals surface area contributed by atoms with Crippen molar-refractivity contribution in [3.63, 3.8) is 0 Å². The predicted octanol–water partition coefficient (Wildman–Crippen LogP) is 4.80. The molecule has 1 nitrogen and oxygen atoms in total. The van der Waals surface area contributed by atoms with E-state index in [1.807, 2.05) is 6.07 Å². The molecular formula is C16H14F3N. The lowest BCUT2D eigenvalue weighted by Crippen LogP contribution is -2.20. The fourth-order valence-corrected chi connectivity index (χ4v) is 1.92. The highest BCUT2D eigenvalue weighted by atomic mass is 19.4. The molecule has 0 saturated carbocycles. The van der Waals surface area contributed by atoms with Gasteiger partial charge in [0.15, 0.2) is 6.04 Å². The molecule has 4 heteroatoms. The van der Waals surface area contributed by atoms with Crippen LogP contribution in [0, 0.1) is 0 Å². The summed E-state index contributed by atoms with van der Waals surface area (Å²) in [4.78, 5) is 3.88.